The molecular weight excluding hydrogens is 178 g/mol. The van der Waals surface area contributed by atoms with Crippen LogP contribution in [0.5, 0.6) is 5.75 Å². The molecule has 0 radical (unpaired) electrons. The Bertz CT molecular complexity index is 336. The SMILES string of the molecule is Cc1ccc(CCN)c2c1COCO2. The predicted molar refractivity (Wildman–Crippen MR) is 54.2 cm³/mol. The summed E-state index contributed by atoms with van der Waals surface area (Å²) in [6, 6.07) is 4.19. The molecule has 3 heteroatoms. The van der Waals surface area contributed by atoms with Gasteiger partial charge in [-0.25, -0.2) is 0 Å². The van der Waals surface area contributed by atoms with Gasteiger partial charge in [0.2, 0.25) is 0 Å². The lowest BCUT2D eigenvalue weighted by atomic mass is 10.0. The molecule has 0 fully saturated rings. The quantitative estimate of drug-likeness (QED) is 0.771. The van der Waals surface area contributed by atoms with E-state index in [1.165, 1.54) is 16.7 Å². The van der Waals surface area contributed by atoms with Crippen LogP contribution in [0.15, 0.2) is 12.1 Å². The Morgan fingerprint density at radius 3 is 3.07 bits per heavy atom. The minimum atomic E-state index is 0.355. The van der Waals surface area contributed by atoms with Crippen LogP contribution in [0.2, 0.25) is 0 Å². The lowest BCUT2D eigenvalue weighted by Crippen LogP contribution is -2.15. The summed E-state index contributed by atoms with van der Waals surface area (Å²) in [6.45, 7) is 3.73. The minimum absolute atomic E-state index is 0.355. The van der Waals surface area contributed by atoms with Gasteiger partial charge in [0, 0.05) is 5.56 Å². The van der Waals surface area contributed by atoms with Crippen LogP contribution in [0.25, 0.3) is 0 Å². The number of rotatable bonds is 2. The average Bonchev–Trinajstić information content (AvgIpc) is 2.23. The highest BCUT2D eigenvalue weighted by Gasteiger charge is 2.16. The molecule has 0 bridgehead atoms. The van der Waals surface area contributed by atoms with Crippen molar-refractivity contribution in [2.24, 2.45) is 5.73 Å². The van der Waals surface area contributed by atoms with Gasteiger partial charge in [-0.2, -0.15) is 0 Å². The molecule has 14 heavy (non-hydrogen) atoms. The van der Waals surface area contributed by atoms with Crippen LogP contribution in [0.4, 0.5) is 0 Å². The number of hydrogen-bond donors (Lipinski definition) is 1. The third-order valence-corrected chi connectivity index (χ3v) is 2.52. The van der Waals surface area contributed by atoms with Crippen molar-refractivity contribution in [1.29, 1.82) is 0 Å². The molecule has 2 N–H and O–H groups in total. The van der Waals surface area contributed by atoms with Crippen molar-refractivity contribution in [3.05, 3.63) is 28.8 Å². The van der Waals surface area contributed by atoms with Crippen LogP contribution in [0, 0.1) is 6.92 Å². The molecule has 2 rings (SSSR count). The Kier molecular flexibility index (Phi) is 2.70. The maximum Gasteiger partial charge on any atom is 0.189 e. The molecule has 1 aliphatic heterocycles. The molecule has 0 amide bonds. The fourth-order valence-corrected chi connectivity index (χ4v) is 1.73. The van der Waals surface area contributed by atoms with Gasteiger partial charge in [0.25, 0.3) is 0 Å². The van der Waals surface area contributed by atoms with E-state index >= 15 is 0 Å². The number of aryl methyl sites for hydroxylation is 1. The first-order valence-corrected chi connectivity index (χ1v) is 4.85. The topological polar surface area (TPSA) is 44.5 Å². The maximum absolute atomic E-state index is 5.54. The standard InChI is InChI=1S/C11H15NO2/c1-8-2-3-9(4-5-12)11-10(8)6-13-7-14-11/h2-3H,4-7,12H2,1H3. The zero-order valence-corrected chi connectivity index (χ0v) is 8.38. The van der Waals surface area contributed by atoms with Gasteiger partial charge in [-0.3, -0.25) is 0 Å². The Morgan fingerprint density at radius 1 is 1.43 bits per heavy atom. The maximum atomic E-state index is 5.54. The van der Waals surface area contributed by atoms with Crippen molar-refractivity contribution < 1.29 is 9.47 Å². The van der Waals surface area contributed by atoms with Crippen LogP contribution >= 0.6 is 0 Å². The molecule has 3 nitrogen and oxygen atoms in total. The number of nitrogens with two attached hydrogens (primary N) is 1. The largest absolute Gasteiger partial charge is 0.467 e. The number of benzene rings is 1. The molecule has 1 heterocycles. The highest BCUT2D eigenvalue weighted by molar-refractivity contribution is 5.46. The second-order valence-electron chi connectivity index (χ2n) is 3.50. The summed E-state index contributed by atoms with van der Waals surface area (Å²) in [4.78, 5) is 0. The summed E-state index contributed by atoms with van der Waals surface area (Å²) in [5.41, 5.74) is 9.13. The molecule has 0 spiro atoms. The van der Waals surface area contributed by atoms with Gasteiger partial charge in [-0.1, -0.05) is 12.1 Å². The molecule has 0 saturated heterocycles. The summed E-state index contributed by atoms with van der Waals surface area (Å²) >= 11 is 0. The fourth-order valence-electron chi connectivity index (χ4n) is 1.73. The lowest BCUT2D eigenvalue weighted by molar-refractivity contribution is -0.0173. The summed E-state index contributed by atoms with van der Waals surface area (Å²) in [5, 5.41) is 0. The third-order valence-electron chi connectivity index (χ3n) is 2.52. The highest BCUT2D eigenvalue weighted by atomic mass is 16.7. The van der Waals surface area contributed by atoms with Crippen molar-refractivity contribution in [3.8, 4) is 5.75 Å². The zero-order chi connectivity index (χ0) is 9.97. The summed E-state index contributed by atoms with van der Waals surface area (Å²) in [7, 11) is 0. The second kappa shape index (κ2) is 3.98. The van der Waals surface area contributed by atoms with E-state index in [4.69, 9.17) is 15.2 Å². The van der Waals surface area contributed by atoms with E-state index in [1.807, 2.05) is 0 Å². The number of hydrogen-bond acceptors (Lipinski definition) is 3. The summed E-state index contributed by atoms with van der Waals surface area (Å²) in [5.74, 6) is 0.988. The van der Waals surface area contributed by atoms with E-state index in [0.717, 1.165) is 12.2 Å². The first kappa shape index (κ1) is 9.49. The summed E-state index contributed by atoms with van der Waals surface area (Å²) in [6.07, 6.45) is 0.864. The van der Waals surface area contributed by atoms with E-state index in [1.54, 1.807) is 0 Å². The van der Waals surface area contributed by atoms with Crippen LogP contribution in [-0.4, -0.2) is 13.3 Å². The van der Waals surface area contributed by atoms with Crippen molar-refractivity contribution in [2.75, 3.05) is 13.3 Å². The van der Waals surface area contributed by atoms with E-state index in [2.05, 4.69) is 19.1 Å². The van der Waals surface area contributed by atoms with Crippen LogP contribution in [0.3, 0.4) is 0 Å². The molecule has 0 atom stereocenters. The van der Waals surface area contributed by atoms with Gasteiger partial charge in [-0.05, 0) is 31.0 Å². The van der Waals surface area contributed by atoms with Crippen LogP contribution < -0.4 is 10.5 Å². The summed E-state index contributed by atoms with van der Waals surface area (Å²) < 4.78 is 10.8. The Labute approximate surface area is 83.8 Å². The number of ether oxygens (including phenoxy) is 2. The highest BCUT2D eigenvalue weighted by Crippen LogP contribution is 2.30. The fraction of sp³-hybridized carbons (Fsp3) is 0.455. The van der Waals surface area contributed by atoms with Gasteiger partial charge in [-0.15, -0.1) is 0 Å². The van der Waals surface area contributed by atoms with Crippen molar-refractivity contribution in [3.63, 3.8) is 0 Å². The second-order valence-corrected chi connectivity index (χ2v) is 3.50. The molecule has 0 aromatic heterocycles. The van der Waals surface area contributed by atoms with E-state index in [9.17, 15) is 0 Å². The molecule has 1 aliphatic rings. The van der Waals surface area contributed by atoms with E-state index in [0.29, 0.717) is 19.9 Å². The average molecular weight is 193 g/mol. The van der Waals surface area contributed by atoms with Crippen LogP contribution in [-0.2, 0) is 17.8 Å². The van der Waals surface area contributed by atoms with Crippen molar-refractivity contribution >= 4 is 0 Å². The minimum Gasteiger partial charge on any atom is -0.467 e. The van der Waals surface area contributed by atoms with Crippen molar-refractivity contribution in [1.82, 2.24) is 0 Å². The lowest BCUT2D eigenvalue weighted by Gasteiger charge is -2.22. The van der Waals surface area contributed by atoms with Gasteiger partial charge in [0.05, 0.1) is 6.61 Å². The molecule has 76 valence electrons. The van der Waals surface area contributed by atoms with E-state index in [-0.39, 0.29) is 0 Å². The van der Waals surface area contributed by atoms with E-state index < -0.39 is 0 Å². The smallest absolute Gasteiger partial charge is 0.189 e. The Hall–Kier alpha value is -1.06. The monoisotopic (exact) mass is 193 g/mol. The van der Waals surface area contributed by atoms with Crippen molar-refractivity contribution in [2.45, 2.75) is 20.0 Å². The van der Waals surface area contributed by atoms with Gasteiger partial charge in [0.1, 0.15) is 5.75 Å². The molecular formula is C11H15NO2. The third kappa shape index (κ3) is 1.61. The first-order valence-electron chi connectivity index (χ1n) is 4.85. The zero-order valence-electron chi connectivity index (χ0n) is 8.38. The molecule has 1 aromatic rings. The number of fused-ring (bicyclic) bond motifs is 1. The Balaban J connectivity index is 2.42. The first-order chi connectivity index (χ1) is 6.83. The normalized spacial score (nSPS) is 14.7. The van der Waals surface area contributed by atoms with Gasteiger partial charge >= 0.3 is 0 Å². The predicted octanol–water partition coefficient (Wildman–Crippen LogP) is 1.36. The van der Waals surface area contributed by atoms with Gasteiger partial charge in [0.15, 0.2) is 6.79 Å². The van der Waals surface area contributed by atoms with Crippen LogP contribution in [0.1, 0.15) is 16.7 Å². The molecule has 0 unspecified atom stereocenters. The Morgan fingerprint density at radius 2 is 2.29 bits per heavy atom. The molecule has 0 aliphatic carbocycles. The van der Waals surface area contributed by atoms with Gasteiger partial charge < -0.3 is 15.2 Å². The molecule has 0 saturated carbocycles. The molecule has 1 aromatic carbocycles.